The van der Waals surface area contributed by atoms with E-state index in [-0.39, 0.29) is 0 Å². The Balaban J connectivity index is 1.96. The Morgan fingerprint density at radius 2 is 1.95 bits per heavy atom. The lowest BCUT2D eigenvalue weighted by Crippen LogP contribution is -2.17. The molecule has 0 unspecified atom stereocenters. The molecule has 2 aromatic rings. The zero-order valence-corrected chi connectivity index (χ0v) is 13.3. The molecule has 1 aromatic heterocycles. The maximum absolute atomic E-state index is 5.74. The SMILES string of the molecule is CN(C)CCCn1c(CCN)nc2cc3c(cc21)OCCO3. The standard InChI is InChI=1S/C16H24N4O2/c1-19(2)6-3-7-20-13-11-15-14(21-8-9-22-15)10-12(13)18-16(20)4-5-17/h10-11H,3-9,17H2,1-2H3. The first-order valence-electron chi connectivity index (χ1n) is 7.82. The zero-order chi connectivity index (χ0) is 15.5. The second-order valence-electron chi connectivity index (χ2n) is 5.86. The summed E-state index contributed by atoms with van der Waals surface area (Å²) in [6.07, 6.45) is 1.85. The van der Waals surface area contributed by atoms with E-state index in [4.69, 9.17) is 20.2 Å². The molecule has 1 aliphatic rings. The van der Waals surface area contributed by atoms with Gasteiger partial charge in [0, 0.05) is 25.1 Å². The van der Waals surface area contributed by atoms with Crippen LogP contribution < -0.4 is 15.2 Å². The molecule has 2 heterocycles. The van der Waals surface area contributed by atoms with Crippen LogP contribution in [0.4, 0.5) is 0 Å². The van der Waals surface area contributed by atoms with E-state index in [2.05, 4.69) is 23.6 Å². The lowest BCUT2D eigenvalue weighted by molar-refractivity contribution is 0.172. The van der Waals surface area contributed by atoms with Gasteiger partial charge >= 0.3 is 0 Å². The Morgan fingerprint density at radius 3 is 2.64 bits per heavy atom. The Kier molecular flexibility index (Phi) is 4.49. The molecule has 0 bridgehead atoms. The third kappa shape index (κ3) is 3.03. The molecule has 22 heavy (non-hydrogen) atoms. The second kappa shape index (κ2) is 6.54. The summed E-state index contributed by atoms with van der Waals surface area (Å²) in [6, 6.07) is 4.03. The van der Waals surface area contributed by atoms with E-state index in [1.54, 1.807) is 0 Å². The van der Waals surface area contributed by atoms with Crippen molar-refractivity contribution in [3.05, 3.63) is 18.0 Å². The number of ether oxygens (including phenoxy) is 2. The number of aryl methyl sites for hydroxylation is 1. The number of fused-ring (bicyclic) bond motifs is 2. The van der Waals surface area contributed by atoms with E-state index in [1.807, 2.05) is 12.1 Å². The highest BCUT2D eigenvalue weighted by Crippen LogP contribution is 2.34. The molecule has 0 saturated carbocycles. The smallest absolute Gasteiger partial charge is 0.163 e. The van der Waals surface area contributed by atoms with Gasteiger partial charge in [0.2, 0.25) is 0 Å². The summed E-state index contributed by atoms with van der Waals surface area (Å²) in [4.78, 5) is 6.94. The molecule has 0 radical (unpaired) electrons. The summed E-state index contributed by atoms with van der Waals surface area (Å²) in [5.41, 5.74) is 7.80. The maximum Gasteiger partial charge on any atom is 0.163 e. The normalized spacial score (nSPS) is 14.0. The first-order chi connectivity index (χ1) is 10.7. The van der Waals surface area contributed by atoms with Crippen LogP contribution in [0.2, 0.25) is 0 Å². The van der Waals surface area contributed by atoms with Crippen LogP contribution in [0.3, 0.4) is 0 Å². The van der Waals surface area contributed by atoms with Gasteiger partial charge in [-0.25, -0.2) is 4.98 Å². The zero-order valence-electron chi connectivity index (χ0n) is 13.3. The molecule has 120 valence electrons. The first kappa shape index (κ1) is 15.1. The molecule has 6 heteroatoms. The molecule has 2 N–H and O–H groups in total. The number of nitrogens with zero attached hydrogens (tertiary/aromatic N) is 3. The molecule has 0 spiro atoms. The van der Waals surface area contributed by atoms with Gasteiger partial charge in [0.05, 0.1) is 11.0 Å². The van der Waals surface area contributed by atoms with Gasteiger partial charge in [0.15, 0.2) is 11.5 Å². The number of nitrogens with two attached hydrogens (primary N) is 1. The average molecular weight is 304 g/mol. The lowest BCUT2D eigenvalue weighted by Gasteiger charge is -2.18. The largest absolute Gasteiger partial charge is 0.486 e. The van der Waals surface area contributed by atoms with Crippen LogP contribution in [-0.4, -0.2) is 54.8 Å². The van der Waals surface area contributed by atoms with Crippen molar-refractivity contribution in [3.63, 3.8) is 0 Å². The molecule has 0 saturated heterocycles. The highest BCUT2D eigenvalue weighted by Gasteiger charge is 2.17. The molecule has 0 amide bonds. The fourth-order valence-corrected chi connectivity index (χ4v) is 2.83. The molecule has 1 aliphatic heterocycles. The summed E-state index contributed by atoms with van der Waals surface area (Å²) in [7, 11) is 4.18. The van der Waals surface area contributed by atoms with Crippen molar-refractivity contribution in [2.24, 2.45) is 5.73 Å². The summed E-state index contributed by atoms with van der Waals surface area (Å²) >= 11 is 0. The van der Waals surface area contributed by atoms with Crippen LogP contribution in [0.1, 0.15) is 12.2 Å². The predicted molar refractivity (Wildman–Crippen MR) is 86.7 cm³/mol. The number of hydrogen-bond donors (Lipinski definition) is 1. The maximum atomic E-state index is 5.74. The molecular weight excluding hydrogens is 280 g/mol. The summed E-state index contributed by atoms with van der Waals surface area (Å²) < 4.78 is 13.6. The van der Waals surface area contributed by atoms with E-state index in [1.165, 1.54) is 0 Å². The lowest BCUT2D eigenvalue weighted by atomic mass is 10.2. The Morgan fingerprint density at radius 1 is 1.23 bits per heavy atom. The van der Waals surface area contributed by atoms with Crippen LogP contribution in [0.15, 0.2) is 12.1 Å². The van der Waals surface area contributed by atoms with Crippen molar-refractivity contribution in [2.45, 2.75) is 19.4 Å². The van der Waals surface area contributed by atoms with Gasteiger partial charge in [-0.1, -0.05) is 0 Å². The van der Waals surface area contributed by atoms with Crippen molar-refractivity contribution in [1.82, 2.24) is 14.5 Å². The van der Waals surface area contributed by atoms with Gasteiger partial charge < -0.3 is 24.7 Å². The fourth-order valence-electron chi connectivity index (χ4n) is 2.83. The monoisotopic (exact) mass is 304 g/mol. The van der Waals surface area contributed by atoms with Crippen LogP contribution in [0.5, 0.6) is 11.5 Å². The van der Waals surface area contributed by atoms with Crippen LogP contribution >= 0.6 is 0 Å². The van der Waals surface area contributed by atoms with E-state index in [9.17, 15) is 0 Å². The summed E-state index contributed by atoms with van der Waals surface area (Å²) in [5.74, 6) is 2.64. The van der Waals surface area contributed by atoms with E-state index in [0.717, 1.165) is 54.3 Å². The van der Waals surface area contributed by atoms with Gasteiger partial charge in [-0.05, 0) is 33.6 Å². The minimum atomic E-state index is 0.595. The van der Waals surface area contributed by atoms with Crippen molar-refractivity contribution in [3.8, 4) is 11.5 Å². The van der Waals surface area contributed by atoms with E-state index < -0.39 is 0 Å². The van der Waals surface area contributed by atoms with Crippen molar-refractivity contribution in [2.75, 3.05) is 40.4 Å². The Bertz CT molecular complexity index is 651. The predicted octanol–water partition coefficient (Wildman–Crippen LogP) is 1.26. The molecule has 3 rings (SSSR count). The summed E-state index contributed by atoms with van der Waals surface area (Å²) in [6.45, 7) is 3.78. The molecular formula is C16H24N4O2. The van der Waals surface area contributed by atoms with Gasteiger partial charge in [0.1, 0.15) is 19.0 Å². The number of hydrogen-bond acceptors (Lipinski definition) is 5. The van der Waals surface area contributed by atoms with E-state index in [0.29, 0.717) is 19.8 Å². The Labute approximate surface area is 130 Å². The minimum absolute atomic E-state index is 0.595. The third-order valence-electron chi connectivity index (χ3n) is 3.85. The van der Waals surface area contributed by atoms with Crippen molar-refractivity contribution < 1.29 is 9.47 Å². The van der Waals surface area contributed by atoms with Crippen LogP contribution in [0, 0.1) is 0 Å². The number of benzene rings is 1. The average Bonchev–Trinajstić information content (AvgIpc) is 2.82. The fraction of sp³-hybridized carbons (Fsp3) is 0.562. The van der Waals surface area contributed by atoms with Crippen LogP contribution in [-0.2, 0) is 13.0 Å². The van der Waals surface area contributed by atoms with Crippen molar-refractivity contribution in [1.29, 1.82) is 0 Å². The van der Waals surface area contributed by atoms with E-state index >= 15 is 0 Å². The quantitative estimate of drug-likeness (QED) is 0.870. The highest BCUT2D eigenvalue weighted by atomic mass is 16.6. The third-order valence-corrected chi connectivity index (χ3v) is 3.85. The topological polar surface area (TPSA) is 65.5 Å². The highest BCUT2D eigenvalue weighted by molar-refractivity contribution is 5.80. The van der Waals surface area contributed by atoms with Gasteiger partial charge in [-0.2, -0.15) is 0 Å². The first-order valence-corrected chi connectivity index (χ1v) is 7.82. The summed E-state index contributed by atoms with van der Waals surface area (Å²) in [5, 5.41) is 0. The Hall–Kier alpha value is -1.79. The molecule has 0 aliphatic carbocycles. The molecule has 0 fully saturated rings. The number of imidazole rings is 1. The molecule has 6 nitrogen and oxygen atoms in total. The number of rotatable bonds is 6. The number of aromatic nitrogens is 2. The molecule has 0 atom stereocenters. The molecule has 1 aromatic carbocycles. The van der Waals surface area contributed by atoms with Crippen LogP contribution in [0.25, 0.3) is 11.0 Å². The van der Waals surface area contributed by atoms with Gasteiger partial charge in [-0.15, -0.1) is 0 Å². The van der Waals surface area contributed by atoms with Gasteiger partial charge in [-0.3, -0.25) is 0 Å². The second-order valence-corrected chi connectivity index (χ2v) is 5.86. The van der Waals surface area contributed by atoms with Crippen molar-refractivity contribution >= 4 is 11.0 Å². The minimum Gasteiger partial charge on any atom is -0.486 e. The van der Waals surface area contributed by atoms with Gasteiger partial charge in [0.25, 0.3) is 0 Å².